The molecule has 0 radical (unpaired) electrons. The Hall–Kier alpha value is 2.29. The Morgan fingerprint density at radius 1 is 1.50 bits per heavy atom. The molecule has 0 heterocycles. The molecule has 0 saturated carbocycles. The second-order valence-electron chi connectivity index (χ2n) is 3.13. The Balaban J connectivity index is 3.24. The Morgan fingerprint density at radius 3 is 2.67 bits per heavy atom. The van der Waals surface area contributed by atoms with Crippen LogP contribution in [-0.4, -0.2) is 56.3 Å². The molecule has 0 aromatic heterocycles. The molecule has 0 aliphatic carbocycles. The molecule has 0 aliphatic rings. The van der Waals surface area contributed by atoms with Gasteiger partial charge in [0, 0.05) is 0 Å². The van der Waals surface area contributed by atoms with Gasteiger partial charge in [-0.3, -0.25) is 0 Å². The first kappa shape index (κ1) is 12.4. The first-order chi connectivity index (χ1) is 5.69. The van der Waals surface area contributed by atoms with Crippen molar-refractivity contribution in [2.45, 2.75) is 20.3 Å². The summed E-state index contributed by atoms with van der Waals surface area (Å²) in [6.45, 7) is 4.36. The van der Waals surface area contributed by atoms with Crippen molar-refractivity contribution >= 4 is 56.9 Å². The Kier molecular flexibility index (Phi) is 6.18. The summed E-state index contributed by atoms with van der Waals surface area (Å²) >= 11 is 0.792. The van der Waals surface area contributed by atoms with Gasteiger partial charge in [0.25, 0.3) is 0 Å². The van der Waals surface area contributed by atoms with Crippen LogP contribution in [0.5, 0.6) is 5.75 Å². The summed E-state index contributed by atoms with van der Waals surface area (Å²) in [5.74, 6) is 1.17. The molecule has 0 bridgehead atoms. The first-order valence-electron chi connectivity index (χ1n) is 4.33. The normalized spacial score (nSPS) is 9.92. The van der Waals surface area contributed by atoms with Crippen molar-refractivity contribution in [1.29, 1.82) is 0 Å². The number of aryl methyl sites for hydroxylation is 2. The van der Waals surface area contributed by atoms with Gasteiger partial charge in [-0.25, -0.2) is 0 Å². The van der Waals surface area contributed by atoms with Gasteiger partial charge in [-0.1, -0.05) is 0 Å². The van der Waals surface area contributed by atoms with Crippen molar-refractivity contribution < 1.29 is 41.7 Å². The zero-order valence-electron chi connectivity index (χ0n) is 8.27. The summed E-state index contributed by atoms with van der Waals surface area (Å²) in [5.41, 5.74) is 2.75. The van der Waals surface area contributed by atoms with Crippen molar-refractivity contribution in [3.8, 4) is 5.75 Å². The predicted octanol–water partition coefficient (Wildman–Crippen LogP) is 0.927. The van der Waals surface area contributed by atoms with Crippen LogP contribution in [0.3, 0.4) is 0 Å². The number of hydrogen-bond donors (Lipinski definition) is 0. The van der Waals surface area contributed by atoms with Crippen LogP contribution in [0, 0.1) is 49.7 Å². The molecule has 0 spiro atoms. The summed E-state index contributed by atoms with van der Waals surface area (Å²) in [4.78, 5) is 0. The van der Waals surface area contributed by atoms with E-state index in [-0.39, 0.29) is 0 Å². The van der Waals surface area contributed by atoms with Gasteiger partial charge in [-0.05, 0) is 0 Å². The van der Waals surface area contributed by atoms with Crippen molar-refractivity contribution in [2.24, 2.45) is 0 Å². The van der Waals surface area contributed by atoms with Crippen molar-refractivity contribution in [2.75, 3.05) is 0 Å². The van der Waals surface area contributed by atoms with Crippen LogP contribution in [0.1, 0.15) is 18.1 Å². The minimum absolute atomic E-state index is 0.305. The molecule has 0 unspecified atom stereocenters. The van der Waals surface area contributed by atoms with E-state index in [0.29, 0.717) is 99.1 Å². The van der Waals surface area contributed by atoms with Crippen LogP contribution >= 0.6 is 0 Å². The number of rotatable bonds is 2. The molecule has 1 rings (SSSR count). The van der Waals surface area contributed by atoms with Gasteiger partial charge in [0.05, 0.1) is 0 Å². The SMILES string of the molecule is CCc1c[c]([RaH])cc(C)c1[O][Rb]. The van der Waals surface area contributed by atoms with Gasteiger partial charge in [-0.2, -0.15) is 0 Å². The summed E-state index contributed by atoms with van der Waals surface area (Å²) < 4.78 is 7.12. The third-order valence-electron chi connectivity index (χ3n) is 2.08. The van der Waals surface area contributed by atoms with Gasteiger partial charge in [0.2, 0.25) is 0 Å². The molecule has 0 saturated heterocycles. The standard InChI is InChI=1S/C9H11O.Ra.Rb.H/c1-3-8-6-4-5-7(2)9(8)10;;;/h5-6,10H,3H2,1-2H3;;;/q;;+1;/p-1. The first-order valence-corrected chi connectivity index (χ1v) is 10.4. The van der Waals surface area contributed by atoms with Gasteiger partial charge < -0.3 is 0 Å². The van der Waals surface area contributed by atoms with Crippen LogP contribution < -0.4 is -0.533 Å². The molecule has 12 heavy (non-hydrogen) atoms. The monoisotopic (exact) mass is 446 g/mol. The van der Waals surface area contributed by atoms with Gasteiger partial charge in [0.15, 0.2) is 0 Å². The van der Waals surface area contributed by atoms with E-state index >= 15 is 0 Å². The van der Waals surface area contributed by atoms with E-state index in [0.717, 1.165) is 6.42 Å². The molecule has 1 nitrogen and oxygen atoms in total. The fraction of sp³-hybridized carbons (Fsp3) is 0.333. The van der Waals surface area contributed by atoms with E-state index in [1.165, 1.54) is 16.9 Å². The molecule has 0 N–H and O–H groups in total. The quantitative estimate of drug-likeness (QED) is 0.657. The average Bonchev–Trinajstić information content (AvgIpc) is 2.03. The molecule has 56 valence electrons. The summed E-state index contributed by atoms with van der Waals surface area (Å²) in [6.07, 6.45) is 1.10. The average molecular weight is 447 g/mol. The van der Waals surface area contributed by atoms with Gasteiger partial charge in [-0.15, -0.1) is 0 Å². The van der Waals surface area contributed by atoms with Crippen LogP contribution in [0.2, 0.25) is 0 Å². The molecule has 0 amide bonds. The van der Waals surface area contributed by atoms with E-state index in [4.69, 9.17) is -1.14 Å². The fourth-order valence-corrected chi connectivity index (χ4v) is 6.24. The molecule has 1 aromatic carbocycles. The predicted molar refractivity (Wildman–Crippen MR) is 48.0 cm³/mol. The van der Waals surface area contributed by atoms with Crippen molar-refractivity contribution in [1.82, 2.24) is 0 Å². The second-order valence-corrected chi connectivity index (χ2v) is 8.88. The van der Waals surface area contributed by atoms with Crippen LogP contribution in [0.25, 0.3) is 0 Å². The van der Waals surface area contributed by atoms with Crippen LogP contribution in [-0.2, 0) is 6.42 Å². The van der Waals surface area contributed by atoms with E-state index in [1.54, 1.807) is 0.604 Å². The van der Waals surface area contributed by atoms with E-state index in [1.807, 2.05) is 0 Å². The topological polar surface area (TPSA) is 9.23 Å². The van der Waals surface area contributed by atoms with E-state index < -0.39 is 0 Å². The molecular weight excluding hydrogens is 436 g/mol. The van der Waals surface area contributed by atoms with Gasteiger partial charge in [0.1, 0.15) is 0 Å². The minimum atomic E-state index is 0.305. The fourth-order valence-electron chi connectivity index (χ4n) is 1.60. The van der Waals surface area contributed by atoms with E-state index in [2.05, 4.69) is 26.0 Å². The summed E-state index contributed by atoms with van der Waals surface area (Å²) in [6, 6.07) is 4.61. The number of hydrogen-bond acceptors (Lipinski definition) is 1. The molecular formula is C9H11ORaRb. The van der Waals surface area contributed by atoms with Gasteiger partial charge >= 0.3 is 148 Å². The Bertz CT molecular complexity index is 286. The number of benzene rings is 1. The third-order valence-corrected chi connectivity index (χ3v) is 5.46. The zero-order chi connectivity index (χ0) is 9.14. The zero-order valence-corrected chi connectivity index (χ0v) is 21.4. The molecule has 1 aromatic rings. The summed E-state index contributed by atoms with van der Waals surface area (Å²) in [5, 5.41) is 0. The summed E-state index contributed by atoms with van der Waals surface area (Å²) in [7, 11) is 0. The molecule has 0 fully saturated rings. The maximum atomic E-state index is 5.56. The van der Waals surface area contributed by atoms with Crippen molar-refractivity contribution in [3.63, 3.8) is 0 Å². The van der Waals surface area contributed by atoms with Crippen LogP contribution in [0.15, 0.2) is 12.1 Å². The van der Waals surface area contributed by atoms with E-state index in [9.17, 15) is 0 Å². The van der Waals surface area contributed by atoms with Crippen molar-refractivity contribution in [3.05, 3.63) is 23.3 Å². The molecule has 0 aliphatic heterocycles. The molecule has 3 heteroatoms. The molecule has 0 atom stereocenters. The third kappa shape index (κ3) is 3.15. The maximum absolute atomic E-state index is 5.56. The van der Waals surface area contributed by atoms with Crippen LogP contribution in [0.4, 0.5) is 0 Å². The Morgan fingerprint density at radius 2 is 2.17 bits per heavy atom. The second kappa shape index (κ2) is 6.00. The Labute approximate surface area is 144 Å².